The molecular formula is C15H25N3OS. The number of carbonyl (C=O) groups is 1. The zero-order chi connectivity index (χ0) is 14.8. The second-order valence-electron chi connectivity index (χ2n) is 6.60. The molecule has 1 aromatic rings. The third-order valence-corrected chi connectivity index (χ3v) is 4.81. The van der Waals surface area contributed by atoms with Gasteiger partial charge in [-0.05, 0) is 17.8 Å². The van der Waals surface area contributed by atoms with Gasteiger partial charge in [0.05, 0.1) is 6.54 Å². The fraction of sp³-hybridized carbons (Fsp3) is 0.733. The zero-order valence-corrected chi connectivity index (χ0v) is 13.7. The number of likely N-dealkylation sites (tertiary alicyclic amines) is 1. The van der Waals surface area contributed by atoms with Crippen molar-refractivity contribution in [3.05, 3.63) is 11.1 Å². The van der Waals surface area contributed by atoms with Crippen LogP contribution >= 0.6 is 11.3 Å². The highest BCUT2D eigenvalue weighted by Crippen LogP contribution is 2.35. The van der Waals surface area contributed by atoms with Crippen LogP contribution in [0.4, 0.5) is 5.13 Å². The van der Waals surface area contributed by atoms with Gasteiger partial charge in [-0.15, -0.1) is 11.3 Å². The minimum Gasteiger partial charge on any atom is -0.362 e. The first-order valence-electron chi connectivity index (χ1n) is 7.36. The van der Waals surface area contributed by atoms with Gasteiger partial charge in [0.1, 0.15) is 0 Å². The zero-order valence-electron chi connectivity index (χ0n) is 12.9. The summed E-state index contributed by atoms with van der Waals surface area (Å²) in [4.78, 5) is 19.6. The molecule has 0 spiro atoms. The number of carbonyl (C=O) groups excluding carboxylic acids is 1. The van der Waals surface area contributed by atoms with Gasteiger partial charge in [0.15, 0.2) is 5.13 Å². The largest absolute Gasteiger partial charge is 0.362 e. The van der Waals surface area contributed by atoms with E-state index in [1.165, 1.54) is 0 Å². The fourth-order valence-electron chi connectivity index (χ4n) is 2.39. The summed E-state index contributed by atoms with van der Waals surface area (Å²) in [5.74, 6) is 0.738. The van der Waals surface area contributed by atoms with Crippen LogP contribution in [0.5, 0.6) is 0 Å². The van der Waals surface area contributed by atoms with E-state index < -0.39 is 0 Å². The quantitative estimate of drug-likeness (QED) is 0.906. The Bertz CT molecular complexity index is 464. The summed E-state index contributed by atoms with van der Waals surface area (Å²) >= 11 is 1.65. The van der Waals surface area contributed by atoms with Crippen LogP contribution in [0.25, 0.3) is 0 Å². The van der Waals surface area contributed by atoms with E-state index >= 15 is 0 Å². The maximum atomic E-state index is 12.1. The van der Waals surface area contributed by atoms with Crippen molar-refractivity contribution in [2.75, 3.05) is 18.4 Å². The molecule has 1 saturated heterocycles. The van der Waals surface area contributed by atoms with E-state index in [2.05, 4.69) is 38.0 Å². The minimum atomic E-state index is 0.200. The molecule has 1 aromatic heterocycles. The average molecular weight is 295 g/mol. The number of nitrogens with one attached hydrogen (secondary N) is 1. The summed E-state index contributed by atoms with van der Waals surface area (Å²) in [6, 6.07) is 0. The molecule has 0 aromatic carbocycles. The summed E-state index contributed by atoms with van der Waals surface area (Å²) in [6.45, 7) is 11.3. The van der Waals surface area contributed by atoms with Gasteiger partial charge < -0.3 is 10.2 Å². The van der Waals surface area contributed by atoms with E-state index in [1.807, 2.05) is 11.1 Å². The van der Waals surface area contributed by atoms with E-state index in [4.69, 9.17) is 0 Å². The molecular weight excluding hydrogens is 270 g/mol. The molecule has 1 unspecified atom stereocenters. The first kappa shape index (κ1) is 15.3. The van der Waals surface area contributed by atoms with Crippen molar-refractivity contribution >= 4 is 22.4 Å². The van der Waals surface area contributed by atoms with E-state index in [-0.39, 0.29) is 11.3 Å². The number of hydrogen-bond acceptors (Lipinski definition) is 4. The molecule has 1 amide bonds. The maximum absolute atomic E-state index is 12.1. The lowest BCUT2D eigenvalue weighted by Crippen LogP contribution is -2.27. The SMILES string of the molecule is CCCNc1ncc(CN2CC(C(C)(C)C)CC2=O)s1. The second-order valence-corrected chi connectivity index (χ2v) is 7.72. The summed E-state index contributed by atoms with van der Waals surface area (Å²) in [5.41, 5.74) is 0.200. The molecule has 1 aliphatic heterocycles. The molecule has 1 atom stereocenters. The van der Waals surface area contributed by atoms with Gasteiger partial charge in [0.25, 0.3) is 0 Å². The van der Waals surface area contributed by atoms with Crippen LogP contribution in [-0.4, -0.2) is 28.9 Å². The number of aromatic nitrogens is 1. The first-order chi connectivity index (χ1) is 9.40. The van der Waals surface area contributed by atoms with Crippen molar-refractivity contribution in [3.63, 3.8) is 0 Å². The average Bonchev–Trinajstić information content (AvgIpc) is 2.95. The van der Waals surface area contributed by atoms with Gasteiger partial charge in [0, 0.05) is 30.6 Å². The molecule has 0 radical (unpaired) electrons. The summed E-state index contributed by atoms with van der Waals surface area (Å²) in [5, 5.41) is 4.25. The molecule has 0 bridgehead atoms. The molecule has 2 heterocycles. The number of hydrogen-bond donors (Lipinski definition) is 1. The monoisotopic (exact) mass is 295 g/mol. The Hall–Kier alpha value is -1.10. The van der Waals surface area contributed by atoms with E-state index in [9.17, 15) is 4.79 Å². The number of thiazole rings is 1. The highest BCUT2D eigenvalue weighted by molar-refractivity contribution is 7.15. The lowest BCUT2D eigenvalue weighted by Gasteiger charge is -2.26. The van der Waals surface area contributed by atoms with Crippen LogP contribution in [-0.2, 0) is 11.3 Å². The highest BCUT2D eigenvalue weighted by atomic mass is 32.1. The van der Waals surface area contributed by atoms with Gasteiger partial charge in [-0.25, -0.2) is 4.98 Å². The third kappa shape index (κ3) is 3.72. The van der Waals surface area contributed by atoms with Crippen molar-refractivity contribution in [2.24, 2.45) is 11.3 Å². The third-order valence-electron chi connectivity index (χ3n) is 3.87. The van der Waals surface area contributed by atoms with Crippen molar-refractivity contribution in [1.29, 1.82) is 0 Å². The van der Waals surface area contributed by atoms with Crippen LogP contribution in [0.15, 0.2) is 6.20 Å². The Morgan fingerprint density at radius 3 is 2.85 bits per heavy atom. The summed E-state index contributed by atoms with van der Waals surface area (Å²) in [7, 11) is 0. The molecule has 20 heavy (non-hydrogen) atoms. The molecule has 5 heteroatoms. The van der Waals surface area contributed by atoms with Gasteiger partial charge in [-0.3, -0.25) is 4.79 Å². The molecule has 0 aliphatic carbocycles. The molecule has 1 N–H and O–H groups in total. The molecule has 1 aliphatic rings. The Balaban J connectivity index is 1.93. The van der Waals surface area contributed by atoms with Gasteiger partial charge in [-0.2, -0.15) is 0 Å². The number of nitrogens with zero attached hydrogens (tertiary/aromatic N) is 2. The van der Waals surface area contributed by atoms with Gasteiger partial charge in [0.2, 0.25) is 5.91 Å². The predicted octanol–water partition coefficient (Wildman–Crippen LogP) is 3.36. The van der Waals surface area contributed by atoms with Crippen LogP contribution < -0.4 is 5.32 Å². The molecule has 0 saturated carbocycles. The van der Waals surface area contributed by atoms with Crippen molar-refractivity contribution in [3.8, 4) is 0 Å². The minimum absolute atomic E-state index is 0.200. The van der Waals surface area contributed by atoms with Gasteiger partial charge in [-0.1, -0.05) is 27.7 Å². The molecule has 112 valence electrons. The summed E-state index contributed by atoms with van der Waals surface area (Å²) < 4.78 is 0. The van der Waals surface area contributed by atoms with Gasteiger partial charge >= 0.3 is 0 Å². The lowest BCUT2D eigenvalue weighted by molar-refractivity contribution is -0.128. The molecule has 1 fully saturated rings. The maximum Gasteiger partial charge on any atom is 0.223 e. The summed E-state index contributed by atoms with van der Waals surface area (Å²) in [6.07, 6.45) is 3.66. The fourth-order valence-corrected chi connectivity index (χ4v) is 3.24. The van der Waals surface area contributed by atoms with E-state index in [0.29, 0.717) is 18.9 Å². The predicted molar refractivity (Wildman–Crippen MR) is 83.9 cm³/mol. The normalized spacial score (nSPS) is 19.7. The Morgan fingerprint density at radius 2 is 2.25 bits per heavy atom. The van der Waals surface area contributed by atoms with E-state index in [1.54, 1.807) is 11.3 Å². The number of rotatable bonds is 5. The topological polar surface area (TPSA) is 45.2 Å². The standard InChI is InChI=1S/C15H25N3OS/c1-5-6-16-14-17-8-12(20-14)10-18-9-11(7-13(18)19)15(2,3)4/h8,11H,5-7,9-10H2,1-4H3,(H,16,17). The Morgan fingerprint density at radius 1 is 1.50 bits per heavy atom. The highest BCUT2D eigenvalue weighted by Gasteiger charge is 2.36. The van der Waals surface area contributed by atoms with Crippen LogP contribution in [0.1, 0.15) is 45.4 Å². The van der Waals surface area contributed by atoms with Crippen LogP contribution in [0.3, 0.4) is 0 Å². The lowest BCUT2D eigenvalue weighted by atomic mass is 9.80. The molecule has 2 rings (SSSR count). The van der Waals surface area contributed by atoms with Crippen molar-refractivity contribution < 1.29 is 4.79 Å². The first-order valence-corrected chi connectivity index (χ1v) is 8.18. The smallest absolute Gasteiger partial charge is 0.223 e. The van der Waals surface area contributed by atoms with Crippen LogP contribution in [0.2, 0.25) is 0 Å². The number of anilines is 1. The van der Waals surface area contributed by atoms with Crippen molar-refractivity contribution in [1.82, 2.24) is 9.88 Å². The Kier molecular flexibility index (Phi) is 4.68. The Labute approximate surface area is 125 Å². The van der Waals surface area contributed by atoms with Crippen LogP contribution in [0, 0.1) is 11.3 Å². The molecule has 4 nitrogen and oxygen atoms in total. The van der Waals surface area contributed by atoms with E-state index in [0.717, 1.165) is 29.5 Å². The van der Waals surface area contributed by atoms with Crippen molar-refractivity contribution in [2.45, 2.75) is 47.1 Å². The second kappa shape index (κ2) is 6.12. The number of amides is 1.